The van der Waals surface area contributed by atoms with E-state index in [9.17, 15) is 4.39 Å². The van der Waals surface area contributed by atoms with Crippen LogP contribution in [0.3, 0.4) is 0 Å². The quantitative estimate of drug-likeness (QED) is 0.489. The minimum Gasteiger partial charge on any atom is -0.356 e. The van der Waals surface area contributed by atoms with Crippen molar-refractivity contribution >= 4 is 5.96 Å². The molecule has 0 aliphatic rings. The molecule has 1 heterocycles. The van der Waals surface area contributed by atoms with Crippen molar-refractivity contribution in [1.29, 1.82) is 0 Å². The largest absolute Gasteiger partial charge is 0.356 e. The van der Waals surface area contributed by atoms with Crippen LogP contribution < -0.4 is 10.6 Å². The smallest absolute Gasteiger partial charge is 0.191 e. The summed E-state index contributed by atoms with van der Waals surface area (Å²) in [6.07, 6.45) is 3.60. The second-order valence-corrected chi connectivity index (χ2v) is 4.87. The summed E-state index contributed by atoms with van der Waals surface area (Å²) in [4.78, 5) is 8.12. The van der Waals surface area contributed by atoms with Crippen LogP contribution in [0.5, 0.6) is 0 Å². The van der Waals surface area contributed by atoms with Gasteiger partial charge in [0, 0.05) is 19.8 Å². The molecule has 0 aliphatic carbocycles. The summed E-state index contributed by atoms with van der Waals surface area (Å²) in [6, 6.07) is 13.3. The molecule has 116 valence electrons. The van der Waals surface area contributed by atoms with Crippen molar-refractivity contribution in [2.75, 3.05) is 13.6 Å². The molecule has 0 spiro atoms. The fourth-order valence-corrected chi connectivity index (χ4v) is 2.08. The molecular weight excluding hydrogens is 279 g/mol. The molecule has 1 aromatic carbocycles. The molecule has 0 fully saturated rings. The van der Waals surface area contributed by atoms with Gasteiger partial charge in [-0.25, -0.2) is 4.39 Å². The Morgan fingerprint density at radius 1 is 1.14 bits per heavy atom. The molecule has 0 radical (unpaired) electrons. The van der Waals surface area contributed by atoms with Crippen LogP contribution in [0.25, 0.3) is 0 Å². The molecule has 22 heavy (non-hydrogen) atoms. The Morgan fingerprint density at radius 3 is 2.68 bits per heavy atom. The van der Waals surface area contributed by atoms with E-state index in [1.807, 2.05) is 18.2 Å². The number of aliphatic imine (C=N–C) groups is 1. The van der Waals surface area contributed by atoms with Crippen molar-refractivity contribution in [3.63, 3.8) is 0 Å². The first-order valence-corrected chi connectivity index (χ1v) is 7.37. The van der Waals surface area contributed by atoms with Gasteiger partial charge >= 0.3 is 0 Å². The molecule has 0 atom stereocenters. The number of benzene rings is 1. The highest BCUT2D eigenvalue weighted by Gasteiger charge is 2.03. The van der Waals surface area contributed by atoms with Crippen molar-refractivity contribution < 1.29 is 4.39 Å². The molecule has 4 nitrogen and oxygen atoms in total. The van der Waals surface area contributed by atoms with Crippen molar-refractivity contribution in [2.45, 2.75) is 19.4 Å². The number of rotatable bonds is 6. The zero-order chi connectivity index (χ0) is 15.6. The van der Waals surface area contributed by atoms with Gasteiger partial charge in [0.1, 0.15) is 5.82 Å². The van der Waals surface area contributed by atoms with Crippen LogP contribution in [-0.2, 0) is 13.0 Å². The molecule has 0 bridgehead atoms. The summed E-state index contributed by atoms with van der Waals surface area (Å²) >= 11 is 0. The lowest BCUT2D eigenvalue weighted by Gasteiger charge is -2.11. The van der Waals surface area contributed by atoms with Crippen LogP contribution in [0.2, 0.25) is 0 Å². The van der Waals surface area contributed by atoms with E-state index >= 15 is 0 Å². The topological polar surface area (TPSA) is 49.3 Å². The van der Waals surface area contributed by atoms with Gasteiger partial charge in [-0.3, -0.25) is 9.98 Å². The van der Waals surface area contributed by atoms with Gasteiger partial charge in [0.05, 0.1) is 12.2 Å². The first kappa shape index (κ1) is 15.9. The van der Waals surface area contributed by atoms with E-state index in [-0.39, 0.29) is 5.82 Å². The number of hydrogen-bond donors (Lipinski definition) is 2. The number of aryl methyl sites for hydroxylation is 1. The van der Waals surface area contributed by atoms with Crippen LogP contribution in [-0.4, -0.2) is 24.5 Å². The van der Waals surface area contributed by atoms with Gasteiger partial charge in [0.15, 0.2) is 5.96 Å². The lowest BCUT2D eigenvalue weighted by atomic mass is 10.1. The molecule has 2 rings (SSSR count). The van der Waals surface area contributed by atoms with E-state index in [0.717, 1.165) is 19.4 Å². The number of guanidine groups is 1. The third-order valence-electron chi connectivity index (χ3n) is 3.26. The van der Waals surface area contributed by atoms with E-state index in [1.165, 1.54) is 11.6 Å². The van der Waals surface area contributed by atoms with E-state index < -0.39 is 0 Å². The first-order chi connectivity index (χ1) is 10.8. The summed E-state index contributed by atoms with van der Waals surface area (Å²) in [5.41, 5.74) is 1.71. The monoisotopic (exact) mass is 300 g/mol. The number of hydrogen-bond acceptors (Lipinski definition) is 2. The standard InChI is InChI=1S/C17H21FN4/c1-19-17(22-13-16-15(18)10-6-11-20-16)21-12-5-9-14-7-3-2-4-8-14/h2-4,6-8,10-11H,5,9,12-13H2,1H3,(H2,19,21,22). The minimum absolute atomic E-state index is 0.311. The summed E-state index contributed by atoms with van der Waals surface area (Å²) < 4.78 is 13.5. The second kappa shape index (κ2) is 8.77. The van der Waals surface area contributed by atoms with Gasteiger partial charge < -0.3 is 10.6 Å². The molecule has 0 amide bonds. The number of pyridine rings is 1. The maximum atomic E-state index is 13.5. The van der Waals surface area contributed by atoms with Gasteiger partial charge in [-0.2, -0.15) is 0 Å². The number of halogens is 1. The maximum Gasteiger partial charge on any atom is 0.191 e. The van der Waals surface area contributed by atoms with Crippen molar-refractivity contribution in [3.05, 3.63) is 65.7 Å². The summed E-state index contributed by atoms with van der Waals surface area (Å²) in [6.45, 7) is 1.12. The van der Waals surface area contributed by atoms with Crippen LogP contribution in [0, 0.1) is 5.82 Å². The molecule has 0 saturated heterocycles. The average molecular weight is 300 g/mol. The predicted molar refractivity (Wildman–Crippen MR) is 87.2 cm³/mol. The fraction of sp³-hybridized carbons (Fsp3) is 0.294. The molecule has 2 aromatic rings. The highest BCUT2D eigenvalue weighted by Crippen LogP contribution is 2.02. The summed E-state index contributed by atoms with van der Waals surface area (Å²) in [5, 5.41) is 6.28. The molecule has 1 aromatic heterocycles. The van der Waals surface area contributed by atoms with Gasteiger partial charge in [0.25, 0.3) is 0 Å². The molecular formula is C17H21FN4. The third-order valence-corrected chi connectivity index (χ3v) is 3.26. The number of aromatic nitrogens is 1. The average Bonchev–Trinajstić information content (AvgIpc) is 2.56. The SMILES string of the molecule is CN=C(NCCCc1ccccc1)NCc1ncccc1F. The van der Waals surface area contributed by atoms with E-state index in [0.29, 0.717) is 18.2 Å². The van der Waals surface area contributed by atoms with Gasteiger partial charge in [-0.1, -0.05) is 30.3 Å². The Kier molecular flexibility index (Phi) is 6.36. The molecule has 5 heteroatoms. The maximum absolute atomic E-state index is 13.5. The predicted octanol–water partition coefficient (Wildman–Crippen LogP) is 2.52. The van der Waals surface area contributed by atoms with E-state index in [1.54, 1.807) is 19.3 Å². The lowest BCUT2D eigenvalue weighted by Crippen LogP contribution is -2.37. The highest BCUT2D eigenvalue weighted by molar-refractivity contribution is 5.79. The van der Waals surface area contributed by atoms with Crippen LogP contribution in [0.4, 0.5) is 4.39 Å². The Morgan fingerprint density at radius 2 is 1.95 bits per heavy atom. The zero-order valence-electron chi connectivity index (χ0n) is 12.7. The van der Waals surface area contributed by atoms with Crippen LogP contribution in [0.1, 0.15) is 17.7 Å². The Hall–Kier alpha value is -2.43. The molecule has 0 unspecified atom stereocenters. The van der Waals surface area contributed by atoms with Crippen LogP contribution in [0.15, 0.2) is 53.7 Å². The van der Waals surface area contributed by atoms with E-state index in [4.69, 9.17) is 0 Å². The lowest BCUT2D eigenvalue weighted by molar-refractivity contribution is 0.592. The second-order valence-electron chi connectivity index (χ2n) is 4.87. The molecule has 2 N–H and O–H groups in total. The molecule has 0 saturated carbocycles. The summed E-state index contributed by atoms with van der Waals surface area (Å²) in [5.74, 6) is 0.340. The van der Waals surface area contributed by atoms with Crippen molar-refractivity contribution in [1.82, 2.24) is 15.6 Å². The molecule has 0 aliphatic heterocycles. The number of nitrogens with one attached hydrogen (secondary N) is 2. The van der Waals surface area contributed by atoms with Crippen molar-refractivity contribution in [2.24, 2.45) is 4.99 Å². The third kappa shape index (κ3) is 5.16. The van der Waals surface area contributed by atoms with Crippen LogP contribution >= 0.6 is 0 Å². The summed E-state index contributed by atoms with van der Waals surface area (Å²) in [7, 11) is 1.70. The van der Waals surface area contributed by atoms with Gasteiger partial charge in [0.2, 0.25) is 0 Å². The Balaban J connectivity index is 1.70. The van der Waals surface area contributed by atoms with E-state index in [2.05, 4.69) is 32.7 Å². The fourth-order valence-electron chi connectivity index (χ4n) is 2.08. The minimum atomic E-state index is -0.311. The van der Waals surface area contributed by atoms with Gasteiger partial charge in [-0.15, -0.1) is 0 Å². The number of nitrogens with zero attached hydrogens (tertiary/aromatic N) is 2. The van der Waals surface area contributed by atoms with Crippen molar-refractivity contribution in [3.8, 4) is 0 Å². The normalized spacial score (nSPS) is 11.3. The Labute approximate surface area is 130 Å². The zero-order valence-corrected chi connectivity index (χ0v) is 12.7. The highest BCUT2D eigenvalue weighted by atomic mass is 19.1. The Bertz CT molecular complexity index is 599. The first-order valence-electron chi connectivity index (χ1n) is 7.37. The van der Waals surface area contributed by atoms with Gasteiger partial charge in [-0.05, 0) is 30.5 Å².